The largest absolute Gasteiger partial charge is 0.480 e. The molecule has 0 aliphatic rings. The average molecular weight is 219 g/mol. The molecular formula is C9H9N5O2. The zero-order valence-electron chi connectivity index (χ0n) is 8.48. The van der Waals surface area contributed by atoms with E-state index in [1.807, 2.05) is 0 Å². The number of carbonyl (C=O) groups is 1. The van der Waals surface area contributed by atoms with Crippen LogP contribution in [0.3, 0.4) is 0 Å². The molecule has 0 aromatic carbocycles. The van der Waals surface area contributed by atoms with Crippen LogP contribution in [0.1, 0.15) is 13.0 Å². The fraction of sp³-hybridized carbons (Fsp3) is 0.222. The van der Waals surface area contributed by atoms with Crippen molar-refractivity contribution in [1.82, 2.24) is 25.2 Å². The molecule has 0 saturated heterocycles. The van der Waals surface area contributed by atoms with Crippen molar-refractivity contribution in [3.8, 4) is 11.4 Å². The lowest BCUT2D eigenvalue weighted by Gasteiger charge is -2.07. The SMILES string of the molecule is C[C@@H](C(=O)O)n1nnnc1-c1cccnc1. The van der Waals surface area contributed by atoms with E-state index in [2.05, 4.69) is 20.5 Å². The summed E-state index contributed by atoms with van der Waals surface area (Å²) in [6.07, 6.45) is 3.20. The van der Waals surface area contributed by atoms with Crippen LogP contribution < -0.4 is 0 Å². The molecule has 0 fully saturated rings. The van der Waals surface area contributed by atoms with E-state index in [-0.39, 0.29) is 0 Å². The Hall–Kier alpha value is -2.31. The Labute approximate surface area is 90.7 Å². The van der Waals surface area contributed by atoms with Crippen molar-refractivity contribution in [1.29, 1.82) is 0 Å². The van der Waals surface area contributed by atoms with Crippen LogP contribution in [0, 0.1) is 0 Å². The van der Waals surface area contributed by atoms with Crippen LogP contribution in [0.2, 0.25) is 0 Å². The van der Waals surface area contributed by atoms with Crippen molar-refractivity contribution in [3.05, 3.63) is 24.5 Å². The standard InChI is InChI=1S/C9H9N5O2/c1-6(9(15)16)14-8(11-12-13-14)7-3-2-4-10-5-7/h2-6H,1H3,(H,15,16)/t6-/m0/s1. The van der Waals surface area contributed by atoms with E-state index < -0.39 is 12.0 Å². The Balaban J connectivity index is 2.44. The molecule has 82 valence electrons. The second kappa shape index (κ2) is 4.05. The van der Waals surface area contributed by atoms with Crippen molar-refractivity contribution in [2.24, 2.45) is 0 Å². The van der Waals surface area contributed by atoms with Crippen LogP contribution in [0.5, 0.6) is 0 Å². The van der Waals surface area contributed by atoms with Gasteiger partial charge in [-0.15, -0.1) is 5.10 Å². The van der Waals surface area contributed by atoms with Crippen LogP contribution >= 0.6 is 0 Å². The van der Waals surface area contributed by atoms with Crippen molar-refractivity contribution in [2.45, 2.75) is 13.0 Å². The number of aromatic nitrogens is 5. The van der Waals surface area contributed by atoms with E-state index >= 15 is 0 Å². The van der Waals surface area contributed by atoms with Gasteiger partial charge in [-0.3, -0.25) is 4.98 Å². The molecule has 0 bridgehead atoms. The number of carboxylic acids is 1. The molecule has 2 aromatic rings. The second-order valence-corrected chi connectivity index (χ2v) is 3.20. The number of aliphatic carboxylic acids is 1. The Morgan fingerprint density at radius 1 is 1.56 bits per heavy atom. The predicted molar refractivity (Wildman–Crippen MR) is 53.4 cm³/mol. The zero-order valence-corrected chi connectivity index (χ0v) is 8.48. The highest BCUT2D eigenvalue weighted by atomic mass is 16.4. The number of hydrogen-bond acceptors (Lipinski definition) is 5. The maximum atomic E-state index is 10.8. The Morgan fingerprint density at radius 2 is 2.38 bits per heavy atom. The minimum atomic E-state index is -0.988. The highest BCUT2D eigenvalue weighted by Gasteiger charge is 2.19. The van der Waals surface area contributed by atoms with Crippen LogP contribution in [-0.2, 0) is 4.79 Å². The van der Waals surface area contributed by atoms with Gasteiger partial charge >= 0.3 is 5.97 Å². The molecule has 0 saturated carbocycles. The first-order valence-electron chi connectivity index (χ1n) is 4.61. The predicted octanol–water partition coefficient (Wildman–Crippen LogP) is 0.381. The summed E-state index contributed by atoms with van der Waals surface area (Å²) in [5.41, 5.74) is 0.681. The van der Waals surface area contributed by atoms with Crippen LogP contribution in [-0.4, -0.2) is 36.3 Å². The molecule has 0 amide bonds. The molecule has 2 aromatic heterocycles. The summed E-state index contributed by atoms with van der Waals surface area (Å²) in [7, 11) is 0. The number of tetrazole rings is 1. The van der Waals surface area contributed by atoms with Crippen molar-refractivity contribution < 1.29 is 9.90 Å². The highest BCUT2D eigenvalue weighted by molar-refractivity contribution is 5.72. The normalized spacial score (nSPS) is 12.3. The van der Waals surface area contributed by atoms with Gasteiger partial charge in [0.15, 0.2) is 11.9 Å². The summed E-state index contributed by atoms with van der Waals surface area (Å²) in [5, 5.41) is 19.8. The van der Waals surface area contributed by atoms with Crippen molar-refractivity contribution >= 4 is 5.97 Å². The molecular weight excluding hydrogens is 210 g/mol. The molecule has 7 heteroatoms. The summed E-state index contributed by atoms with van der Waals surface area (Å²) >= 11 is 0. The minimum absolute atomic E-state index is 0.392. The van der Waals surface area contributed by atoms with E-state index in [0.29, 0.717) is 11.4 Å². The third-order valence-electron chi connectivity index (χ3n) is 2.14. The molecule has 2 heterocycles. The number of hydrogen-bond donors (Lipinski definition) is 1. The summed E-state index contributed by atoms with van der Waals surface area (Å²) in [6, 6.07) is 2.69. The highest BCUT2D eigenvalue weighted by Crippen LogP contribution is 2.17. The second-order valence-electron chi connectivity index (χ2n) is 3.20. The first-order valence-corrected chi connectivity index (χ1v) is 4.61. The lowest BCUT2D eigenvalue weighted by molar-refractivity contribution is -0.140. The Morgan fingerprint density at radius 3 is 3.00 bits per heavy atom. The van der Waals surface area contributed by atoms with E-state index in [1.165, 1.54) is 11.6 Å². The van der Waals surface area contributed by atoms with Gasteiger partial charge in [0.2, 0.25) is 0 Å². The Kier molecular flexibility index (Phi) is 2.59. The molecule has 0 spiro atoms. The maximum absolute atomic E-state index is 10.8. The minimum Gasteiger partial charge on any atom is -0.480 e. The molecule has 1 N–H and O–H groups in total. The maximum Gasteiger partial charge on any atom is 0.328 e. The van der Waals surface area contributed by atoms with E-state index in [9.17, 15) is 4.79 Å². The molecule has 0 aliphatic carbocycles. The third kappa shape index (κ3) is 1.74. The van der Waals surface area contributed by atoms with Gasteiger partial charge in [0.1, 0.15) is 0 Å². The van der Waals surface area contributed by atoms with Gasteiger partial charge in [-0.05, 0) is 29.5 Å². The average Bonchev–Trinajstić information content (AvgIpc) is 2.77. The van der Waals surface area contributed by atoms with Gasteiger partial charge in [0.25, 0.3) is 0 Å². The van der Waals surface area contributed by atoms with Crippen LogP contribution in [0.25, 0.3) is 11.4 Å². The summed E-state index contributed by atoms with van der Waals surface area (Å²) in [5.74, 6) is -0.597. The number of pyridine rings is 1. The van der Waals surface area contributed by atoms with E-state index in [4.69, 9.17) is 5.11 Å². The van der Waals surface area contributed by atoms with Crippen molar-refractivity contribution in [2.75, 3.05) is 0 Å². The third-order valence-corrected chi connectivity index (χ3v) is 2.14. The quantitative estimate of drug-likeness (QED) is 0.802. The number of rotatable bonds is 3. The fourth-order valence-electron chi connectivity index (χ4n) is 1.24. The summed E-state index contributed by atoms with van der Waals surface area (Å²) in [6.45, 7) is 1.51. The Bertz CT molecular complexity index is 496. The number of carboxylic acid groups (broad SMARTS) is 1. The van der Waals surface area contributed by atoms with Gasteiger partial charge in [-0.25, -0.2) is 9.48 Å². The molecule has 1 atom stereocenters. The van der Waals surface area contributed by atoms with E-state index in [0.717, 1.165) is 0 Å². The first-order chi connectivity index (χ1) is 7.70. The number of nitrogens with zero attached hydrogens (tertiary/aromatic N) is 5. The smallest absolute Gasteiger partial charge is 0.328 e. The summed E-state index contributed by atoms with van der Waals surface area (Å²) in [4.78, 5) is 14.8. The van der Waals surface area contributed by atoms with Gasteiger partial charge in [0.05, 0.1) is 0 Å². The topological polar surface area (TPSA) is 93.8 Å². The first kappa shape index (κ1) is 10.2. The summed E-state index contributed by atoms with van der Waals surface area (Å²) < 4.78 is 1.25. The molecule has 7 nitrogen and oxygen atoms in total. The van der Waals surface area contributed by atoms with Gasteiger partial charge in [-0.1, -0.05) is 0 Å². The van der Waals surface area contributed by atoms with Crippen LogP contribution in [0.15, 0.2) is 24.5 Å². The zero-order chi connectivity index (χ0) is 11.5. The molecule has 0 aliphatic heterocycles. The van der Waals surface area contributed by atoms with Gasteiger partial charge < -0.3 is 5.11 Å². The lowest BCUT2D eigenvalue weighted by Crippen LogP contribution is -2.18. The fourth-order valence-corrected chi connectivity index (χ4v) is 1.24. The monoisotopic (exact) mass is 219 g/mol. The van der Waals surface area contributed by atoms with Gasteiger partial charge in [0, 0.05) is 18.0 Å². The van der Waals surface area contributed by atoms with Crippen molar-refractivity contribution in [3.63, 3.8) is 0 Å². The molecule has 2 rings (SSSR count). The molecule has 16 heavy (non-hydrogen) atoms. The molecule has 0 unspecified atom stereocenters. The van der Waals surface area contributed by atoms with E-state index in [1.54, 1.807) is 24.5 Å². The van der Waals surface area contributed by atoms with Crippen LogP contribution in [0.4, 0.5) is 0 Å². The molecule has 0 radical (unpaired) electrons. The van der Waals surface area contributed by atoms with Gasteiger partial charge in [-0.2, -0.15) is 0 Å². The lowest BCUT2D eigenvalue weighted by atomic mass is 10.2.